The highest BCUT2D eigenvalue weighted by Crippen LogP contribution is 2.23. The van der Waals surface area contributed by atoms with E-state index in [1.165, 1.54) is 12.1 Å². The number of hydrogen-bond donors (Lipinski definition) is 5. The lowest BCUT2D eigenvalue weighted by Gasteiger charge is -2.19. The minimum Gasteiger partial charge on any atom is -0.508 e. The number of aromatic hydroxyl groups is 1. The van der Waals surface area contributed by atoms with E-state index in [0.717, 1.165) is 0 Å². The van der Waals surface area contributed by atoms with Crippen molar-refractivity contribution in [3.8, 4) is 11.5 Å². The summed E-state index contributed by atoms with van der Waals surface area (Å²) in [7, 11) is 0. The average molecular weight is 317 g/mol. The molecule has 4 unspecified atom stereocenters. The standard InChI is InChI=1S/C12H16O6.C2H7NO/c1-7(13)10(17-12-11(15)18-12)6-16-9-4-2-8(14)3-5-9;3-1-2-4/h2-5,7,10-15H,6H2,1H3;4H,1-3H2. The van der Waals surface area contributed by atoms with Crippen molar-refractivity contribution >= 4 is 0 Å². The van der Waals surface area contributed by atoms with E-state index in [0.29, 0.717) is 12.3 Å². The number of phenolic OH excluding ortho intramolecular Hbond substituents is 1. The van der Waals surface area contributed by atoms with Crippen molar-refractivity contribution < 1.29 is 34.6 Å². The number of epoxide rings is 1. The number of phenols is 1. The van der Waals surface area contributed by atoms with Gasteiger partial charge in [0.1, 0.15) is 24.2 Å². The summed E-state index contributed by atoms with van der Waals surface area (Å²) in [6.45, 7) is 2.16. The number of hydrogen-bond acceptors (Lipinski definition) is 8. The lowest BCUT2D eigenvalue weighted by Crippen LogP contribution is -2.34. The molecule has 1 aliphatic heterocycles. The third-order valence-electron chi connectivity index (χ3n) is 2.66. The normalized spacial score (nSPS) is 22.2. The highest BCUT2D eigenvalue weighted by atomic mass is 16.8. The lowest BCUT2D eigenvalue weighted by atomic mass is 10.2. The van der Waals surface area contributed by atoms with Crippen molar-refractivity contribution in [1.82, 2.24) is 0 Å². The Morgan fingerprint density at radius 3 is 2.27 bits per heavy atom. The molecule has 0 bridgehead atoms. The second-order valence-corrected chi connectivity index (χ2v) is 4.63. The van der Waals surface area contributed by atoms with Gasteiger partial charge in [-0.2, -0.15) is 0 Å². The number of rotatable bonds is 7. The quantitative estimate of drug-likeness (QED) is 0.410. The molecule has 0 aliphatic carbocycles. The summed E-state index contributed by atoms with van der Waals surface area (Å²) in [5.41, 5.74) is 4.78. The Labute approximate surface area is 128 Å². The maximum absolute atomic E-state index is 9.52. The summed E-state index contributed by atoms with van der Waals surface area (Å²) in [6, 6.07) is 6.22. The van der Waals surface area contributed by atoms with Gasteiger partial charge in [0.05, 0.1) is 12.7 Å². The highest BCUT2D eigenvalue weighted by molar-refractivity contribution is 5.30. The molecule has 1 aromatic carbocycles. The van der Waals surface area contributed by atoms with Crippen LogP contribution in [0, 0.1) is 0 Å². The topological polar surface area (TPSA) is 138 Å². The third-order valence-corrected chi connectivity index (χ3v) is 2.66. The van der Waals surface area contributed by atoms with Crippen LogP contribution in [0.25, 0.3) is 0 Å². The van der Waals surface area contributed by atoms with Crippen LogP contribution in [0.15, 0.2) is 24.3 Å². The molecule has 0 radical (unpaired) electrons. The SMILES string of the molecule is CC(O)C(COc1ccc(O)cc1)OC1OC1O.NCCO. The van der Waals surface area contributed by atoms with Crippen LogP contribution >= 0.6 is 0 Å². The van der Waals surface area contributed by atoms with Crippen LogP contribution in [-0.4, -0.2) is 65.0 Å². The molecule has 2 rings (SSSR count). The first-order valence-corrected chi connectivity index (χ1v) is 6.87. The number of ether oxygens (including phenoxy) is 3. The van der Waals surface area contributed by atoms with Gasteiger partial charge in [-0.05, 0) is 31.2 Å². The highest BCUT2D eigenvalue weighted by Gasteiger charge is 2.41. The summed E-state index contributed by atoms with van der Waals surface area (Å²) in [4.78, 5) is 0. The molecule has 1 saturated heterocycles. The van der Waals surface area contributed by atoms with Gasteiger partial charge in [0.15, 0.2) is 0 Å². The predicted octanol–water partition coefficient (Wildman–Crippen LogP) is -0.851. The van der Waals surface area contributed by atoms with E-state index in [2.05, 4.69) is 0 Å². The molecule has 0 spiro atoms. The Hall–Kier alpha value is -1.42. The first-order valence-electron chi connectivity index (χ1n) is 6.87. The Kier molecular flexibility index (Phi) is 8.10. The van der Waals surface area contributed by atoms with Gasteiger partial charge in [0.25, 0.3) is 0 Å². The van der Waals surface area contributed by atoms with Crippen LogP contribution in [-0.2, 0) is 9.47 Å². The molecule has 8 heteroatoms. The van der Waals surface area contributed by atoms with Crippen LogP contribution in [0.3, 0.4) is 0 Å². The smallest absolute Gasteiger partial charge is 0.212 e. The lowest BCUT2D eigenvalue weighted by molar-refractivity contribution is -0.0866. The van der Waals surface area contributed by atoms with Gasteiger partial charge >= 0.3 is 0 Å². The molecule has 126 valence electrons. The molecule has 1 fully saturated rings. The molecule has 0 aromatic heterocycles. The van der Waals surface area contributed by atoms with E-state index >= 15 is 0 Å². The first kappa shape index (κ1) is 18.6. The van der Waals surface area contributed by atoms with Crippen molar-refractivity contribution in [2.24, 2.45) is 5.73 Å². The fourth-order valence-electron chi connectivity index (χ4n) is 1.38. The van der Waals surface area contributed by atoms with E-state index in [1.807, 2.05) is 0 Å². The van der Waals surface area contributed by atoms with E-state index in [9.17, 15) is 5.11 Å². The van der Waals surface area contributed by atoms with E-state index in [1.54, 1.807) is 19.1 Å². The van der Waals surface area contributed by atoms with Gasteiger partial charge in [0, 0.05) is 6.54 Å². The Morgan fingerprint density at radius 2 is 1.86 bits per heavy atom. The van der Waals surface area contributed by atoms with Gasteiger partial charge in [-0.15, -0.1) is 0 Å². The minimum absolute atomic E-state index is 0.0972. The summed E-state index contributed by atoms with van der Waals surface area (Å²) in [5.74, 6) is 0.708. The summed E-state index contributed by atoms with van der Waals surface area (Å²) in [5, 5.41) is 35.4. The molecule has 0 amide bonds. The van der Waals surface area contributed by atoms with Gasteiger partial charge < -0.3 is 40.4 Å². The Morgan fingerprint density at radius 1 is 1.32 bits per heavy atom. The van der Waals surface area contributed by atoms with E-state index in [-0.39, 0.29) is 19.0 Å². The largest absolute Gasteiger partial charge is 0.508 e. The average Bonchev–Trinajstić information content (AvgIpc) is 3.20. The first-order chi connectivity index (χ1) is 10.5. The second kappa shape index (κ2) is 9.57. The van der Waals surface area contributed by atoms with Crippen molar-refractivity contribution in [3.63, 3.8) is 0 Å². The zero-order valence-corrected chi connectivity index (χ0v) is 12.3. The molecule has 6 N–H and O–H groups in total. The van der Waals surface area contributed by atoms with E-state index < -0.39 is 24.8 Å². The molecular formula is C14H23NO7. The summed E-state index contributed by atoms with van der Waals surface area (Å²) >= 11 is 0. The van der Waals surface area contributed by atoms with Gasteiger partial charge in [-0.1, -0.05) is 0 Å². The zero-order valence-electron chi connectivity index (χ0n) is 12.3. The second-order valence-electron chi connectivity index (χ2n) is 4.63. The van der Waals surface area contributed by atoms with Crippen molar-refractivity contribution in [1.29, 1.82) is 0 Å². The number of aliphatic hydroxyl groups excluding tert-OH is 3. The molecule has 1 aromatic rings. The minimum atomic E-state index is -0.917. The van der Waals surface area contributed by atoms with Gasteiger partial charge in [-0.3, -0.25) is 0 Å². The van der Waals surface area contributed by atoms with Crippen LogP contribution in [0.5, 0.6) is 11.5 Å². The van der Waals surface area contributed by atoms with Crippen molar-refractivity contribution in [2.75, 3.05) is 19.8 Å². The monoisotopic (exact) mass is 317 g/mol. The maximum atomic E-state index is 9.52. The number of aliphatic hydroxyl groups is 3. The van der Waals surface area contributed by atoms with Crippen molar-refractivity contribution in [2.45, 2.75) is 31.7 Å². The van der Waals surface area contributed by atoms with Crippen LogP contribution < -0.4 is 10.5 Å². The van der Waals surface area contributed by atoms with Gasteiger partial charge in [-0.25, -0.2) is 0 Å². The third kappa shape index (κ3) is 7.03. The Bertz CT molecular complexity index is 410. The molecule has 0 saturated carbocycles. The number of nitrogens with two attached hydrogens (primary N) is 1. The molecule has 1 heterocycles. The maximum Gasteiger partial charge on any atom is 0.212 e. The van der Waals surface area contributed by atoms with Crippen LogP contribution in [0.1, 0.15) is 6.92 Å². The fourth-order valence-corrected chi connectivity index (χ4v) is 1.38. The van der Waals surface area contributed by atoms with Gasteiger partial charge in [0.2, 0.25) is 12.6 Å². The summed E-state index contributed by atoms with van der Waals surface area (Å²) < 4.78 is 15.4. The molecule has 8 nitrogen and oxygen atoms in total. The Balaban J connectivity index is 0.000000541. The molecular weight excluding hydrogens is 294 g/mol. The molecule has 4 atom stereocenters. The predicted molar refractivity (Wildman–Crippen MR) is 77.2 cm³/mol. The van der Waals surface area contributed by atoms with Crippen LogP contribution in [0.2, 0.25) is 0 Å². The van der Waals surface area contributed by atoms with E-state index in [4.69, 9.17) is 35.3 Å². The van der Waals surface area contributed by atoms with Crippen molar-refractivity contribution in [3.05, 3.63) is 24.3 Å². The summed E-state index contributed by atoms with van der Waals surface area (Å²) in [6.07, 6.45) is -2.95. The fraction of sp³-hybridized carbons (Fsp3) is 0.571. The molecule has 1 aliphatic rings. The molecule has 22 heavy (non-hydrogen) atoms. The van der Waals surface area contributed by atoms with Crippen LogP contribution in [0.4, 0.5) is 0 Å². The number of benzene rings is 1. The zero-order chi connectivity index (χ0) is 16.5.